The fraction of sp³-hybridized carbons (Fsp3) is 0.526. The average molecular weight is 361 g/mol. The summed E-state index contributed by atoms with van der Waals surface area (Å²) in [6, 6.07) is 6.44. The summed E-state index contributed by atoms with van der Waals surface area (Å²) in [6.07, 6.45) is 8.36. The van der Waals surface area contributed by atoms with Crippen molar-refractivity contribution < 1.29 is 9.53 Å². The average Bonchev–Trinajstić information content (AvgIpc) is 2.55. The van der Waals surface area contributed by atoms with Crippen LogP contribution in [0.1, 0.15) is 43.2 Å². The first kappa shape index (κ1) is 14.5. The molecule has 2 nitrogen and oxygen atoms in total. The van der Waals surface area contributed by atoms with E-state index < -0.39 is 0 Å². The van der Waals surface area contributed by atoms with Crippen molar-refractivity contribution in [3.05, 3.63) is 35.4 Å². The first-order valence-electron chi connectivity index (χ1n) is 8.23. The number of rotatable bonds is 1. The van der Waals surface area contributed by atoms with Crippen LogP contribution in [0.5, 0.6) is 5.75 Å². The lowest BCUT2D eigenvalue weighted by molar-refractivity contribution is -0.125. The zero-order valence-corrected chi connectivity index (χ0v) is 14.5. The number of fused-ring (bicyclic) bond motifs is 5. The first-order valence-corrected chi connectivity index (χ1v) is 9.02. The van der Waals surface area contributed by atoms with Crippen LogP contribution in [0.4, 0.5) is 0 Å². The summed E-state index contributed by atoms with van der Waals surface area (Å²) in [5.41, 5.74) is 4.24. The molecule has 0 aliphatic heterocycles. The summed E-state index contributed by atoms with van der Waals surface area (Å²) in [6.45, 7) is 0. The van der Waals surface area contributed by atoms with Crippen molar-refractivity contribution in [3.8, 4) is 5.75 Å². The van der Waals surface area contributed by atoms with Crippen molar-refractivity contribution in [2.24, 2.45) is 11.8 Å². The van der Waals surface area contributed by atoms with Crippen LogP contribution in [0.3, 0.4) is 0 Å². The number of carbonyl (C=O) groups is 1. The maximum Gasteiger partial charge on any atom is 0.150 e. The van der Waals surface area contributed by atoms with Gasteiger partial charge in [-0.2, -0.15) is 0 Å². The molecule has 116 valence electrons. The Labute approximate surface area is 140 Å². The highest BCUT2D eigenvalue weighted by Gasteiger charge is 2.51. The number of carbonyl (C=O) groups excluding carboxylic acids is 1. The monoisotopic (exact) mass is 360 g/mol. The van der Waals surface area contributed by atoms with E-state index in [1.807, 2.05) is 0 Å². The molecule has 1 saturated carbocycles. The molecule has 0 N–H and O–H groups in total. The van der Waals surface area contributed by atoms with Crippen LogP contribution in [0.15, 0.2) is 24.3 Å². The summed E-state index contributed by atoms with van der Waals surface area (Å²) < 4.78 is 5.07. The van der Waals surface area contributed by atoms with Gasteiger partial charge in [0, 0.05) is 6.42 Å². The second-order valence-corrected chi connectivity index (χ2v) is 8.23. The number of Topliss-reactive ketones (excluding diaryl/α,β-unsaturated/α-hetero) is 1. The summed E-state index contributed by atoms with van der Waals surface area (Å²) in [7, 11) is 1.72. The van der Waals surface area contributed by atoms with Gasteiger partial charge in [-0.3, -0.25) is 4.79 Å². The number of alkyl halides is 1. The molecule has 0 radical (unpaired) electrons. The van der Waals surface area contributed by atoms with Crippen molar-refractivity contribution in [2.75, 3.05) is 7.11 Å². The fourth-order valence-electron chi connectivity index (χ4n) is 4.70. The van der Waals surface area contributed by atoms with E-state index in [1.54, 1.807) is 7.11 Å². The lowest BCUT2D eigenvalue weighted by Gasteiger charge is -2.48. The lowest BCUT2D eigenvalue weighted by Crippen LogP contribution is -2.49. The van der Waals surface area contributed by atoms with Gasteiger partial charge in [0.2, 0.25) is 0 Å². The van der Waals surface area contributed by atoms with Gasteiger partial charge in [-0.05, 0) is 72.8 Å². The highest BCUT2D eigenvalue weighted by Crippen LogP contribution is 2.55. The lowest BCUT2D eigenvalue weighted by atomic mass is 9.60. The molecule has 0 aromatic heterocycles. The van der Waals surface area contributed by atoms with Crippen LogP contribution in [0.2, 0.25) is 0 Å². The van der Waals surface area contributed by atoms with Crippen LogP contribution in [-0.2, 0) is 11.2 Å². The number of methoxy groups -OCH3 is 1. The Morgan fingerprint density at radius 3 is 2.95 bits per heavy atom. The SMILES string of the molecule is COc1ccc2c(c1)CC[C@H]1C2=CC[C@@]2(Br)C(=O)CCC[C@@H]12. The smallest absolute Gasteiger partial charge is 0.150 e. The molecule has 0 heterocycles. The van der Waals surface area contributed by atoms with Gasteiger partial charge in [-0.15, -0.1) is 0 Å². The Morgan fingerprint density at radius 1 is 1.27 bits per heavy atom. The maximum absolute atomic E-state index is 12.5. The van der Waals surface area contributed by atoms with Gasteiger partial charge in [0.15, 0.2) is 0 Å². The van der Waals surface area contributed by atoms with Gasteiger partial charge in [0.05, 0.1) is 11.4 Å². The number of benzene rings is 1. The Morgan fingerprint density at radius 2 is 2.14 bits per heavy atom. The summed E-state index contributed by atoms with van der Waals surface area (Å²) >= 11 is 3.85. The quantitative estimate of drug-likeness (QED) is 0.686. The predicted octanol–water partition coefficient (Wildman–Crippen LogP) is 4.55. The fourth-order valence-corrected chi connectivity index (χ4v) is 5.61. The minimum Gasteiger partial charge on any atom is -0.497 e. The molecule has 1 aromatic carbocycles. The zero-order chi connectivity index (χ0) is 15.3. The standard InChI is InChI=1S/C19H21BrO2/c1-22-13-6-8-14-12(11-13)5-7-16-15(14)9-10-19(20)17(16)3-2-4-18(19)21/h6,8-9,11,16-17H,2-5,7,10H2,1H3/t16-,17-,19-/m0/s1. The first-order chi connectivity index (χ1) is 10.6. The molecule has 4 rings (SSSR count). The number of halogens is 1. The molecule has 3 atom stereocenters. The largest absolute Gasteiger partial charge is 0.497 e. The van der Waals surface area contributed by atoms with Gasteiger partial charge in [0.25, 0.3) is 0 Å². The molecule has 22 heavy (non-hydrogen) atoms. The second-order valence-electron chi connectivity index (χ2n) is 6.82. The van der Waals surface area contributed by atoms with E-state index in [0.717, 1.165) is 37.9 Å². The van der Waals surface area contributed by atoms with Gasteiger partial charge >= 0.3 is 0 Å². The van der Waals surface area contributed by atoms with Crippen molar-refractivity contribution >= 4 is 27.3 Å². The third-order valence-corrected chi connectivity index (χ3v) is 7.18. The summed E-state index contributed by atoms with van der Waals surface area (Å²) in [4.78, 5) is 12.5. The van der Waals surface area contributed by atoms with Gasteiger partial charge in [0.1, 0.15) is 11.5 Å². The van der Waals surface area contributed by atoms with Crippen molar-refractivity contribution in [3.63, 3.8) is 0 Å². The highest BCUT2D eigenvalue weighted by molar-refractivity contribution is 9.10. The molecule has 3 aliphatic carbocycles. The Hall–Kier alpha value is -1.09. The van der Waals surface area contributed by atoms with Crippen molar-refractivity contribution in [1.82, 2.24) is 0 Å². The molecule has 3 heteroatoms. The number of hydrogen-bond donors (Lipinski definition) is 0. The minimum atomic E-state index is -0.288. The van der Waals surface area contributed by atoms with E-state index in [4.69, 9.17) is 4.74 Å². The predicted molar refractivity (Wildman–Crippen MR) is 91.4 cm³/mol. The normalized spacial score (nSPS) is 33.4. The third kappa shape index (κ3) is 2.01. The van der Waals surface area contributed by atoms with Gasteiger partial charge in [-0.1, -0.05) is 28.1 Å². The van der Waals surface area contributed by atoms with Crippen LogP contribution in [0, 0.1) is 11.8 Å². The number of aryl methyl sites for hydroxylation is 1. The van der Waals surface area contributed by atoms with E-state index >= 15 is 0 Å². The van der Waals surface area contributed by atoms with E-state index in [-0.39, 0.29) is 4.32 Å². The number of hydrogen-bond acceptors (Lipinski definition) is 2. The molecule has 0 bridgehead atoms. The van der Waals surface area contributed by atoms with E-state index in [1.165, 1.54) is 23.1 Å². The van der Waals surface area contributed by atoms with Crippen LogP contribution in [0.25, 0.3) is 5.57 Å². The molecule has 0 spiro atoms. The number of ether oxygens (including phenoxy) is 1. The van der Waals surface area contributed by atoms with Crippen molar-refractivity contribution in [2.45, 2.75) is 42.8 Å². The molecule has 0 saturated heterocycles. The Bertz CT molecular complexity index is 663. The van der Waals surface area contributed by atoms with Crippen LogP contribution < -0.4 is 4.74 Å². The van der Waals surface area contributed by atoms with Gasteiger partial charge in [-0.25, -0.2) is 0 Å². The van der Waals surface area contributed by atoms with Crippen LogP contribution in [-0.4, -0.2) is 17.2 Å². The molecule has 0 amide bonds. The molecule has 0 unspecified atom stereocenters. The van der Waals surface area contributed by atoms with E-state index in [0.29, 0.717) is 17.6 Å². The summed E-state index contributed by atoms with van der Waals surface area (Å²) in [5.74, 6) is 2.35. The van der Waals surface area contributed by atoms with E-state index in [9.17, 15) is 4.79 Å². The van der Waals surface area contributed by atoms with E-state index in [2.05, 4.69) is 40.2 Å². The molecular weight excluding hydrogens is 340 g/mol. The number of ketones is 1. The Balaban J connectivity index is 1.77. The highest BCUT2D eigenvalue weighted by atomic mass is 79.9. The van der Waals surface area contributed by atoms with Crippen molar-refractivity contribution in [1.29, 1.82) is 0 Å². The maximum atomic E-state index is 12.5. The summed E-state index contributed by atoms with van der Waals surface area (Å²) in [5, 5.41) is 0. The topological polar surface area (TPSA) is 26.3 Å². The van der Waals surface area contributed by atoms with Crippen LogP contribution >= 0.6 is 15.9 Å². The molecule has 1 fully saturated rings. The molecule has 3 aliphatic rings. The molecular formula is C19H21BrO2. The Kier molecular flexibility index (Phi) is 3.44. The third-order valence-electron chi connectivity index (χ3n) is 5.82. The minimum absolute atomic E-state index is 0.288. The zero-order valence-electron chi connectivity index (χ0n) is 12.9. The second kappa shape index (κ2) is 5.23. The van der Waals surface area contributed by atoms with Gasteiger partial charge < -0.3 is 4.74 Å². The number of allylic oxidation sites excluding steroid dienone is 2. The molecule has 1 aromatic rings.